The van der Waals surface area contributed by atoms with E-state index in [1.165, 1.54) is 21.9 Å². The molecule has 12 rings (SSSR count). The summed E-state index contributed by atoms with van der Waals surface area (Å²) in [4.78, 5) is 15.4. The first kappa shape index (κ1) is 31.5. The number of benzene rings is 8. The normalized spacial score (nSPS) is 11.9. The second-order valence-corrected chi connectivity index (χ2v) is 14.4. The summed E-state index contributed by atoms with van der Waals surface area (Å²) in [6.45, 7) is 0. The lowest BCUT2D eigenvalue weighted by atomic mass is 10.0. The van der Waals surface area contributed by atoms with Gasteiger partial charge in [-0.15, -0.1) is 0 Å². The molecule has 0 atom stereocenters. The van der Waals surface area contributed by atoms with Gasteiger partial charge in [0, 0.05) is 49.1 Å². The maximum Gasteiger partial charge on any atom is 0.167 e. The molecule has 0 bridgehead atoms. The van der Waals surface area contributed by atoms with Gasteiger partial charge in [-0.2, -0.15) is 0 Å². The van der Waals surface area contributed by atoms with Gasteiger partial charge >= 0.3 is 0 Å². The summed E-state index contributed by atoms with van der Waals surface area (Å²) >= 11 is 0. The highest BCUT2D eigenvalue weighted by Crippen LogP contribution is 2.41. The van der Waals surface area contributed by atoms with Crippen LogP contribution in [0.2, 0.25) is 0 Å². The van der Waals surface area contributed by atoms with E-state index in [1.54, 1.807) is 0 Å². The highest BCUT2D eigenvalue weighted by molar-refractivity contribution is 6.14. The molecule has 12 aromatic rings. The summed E-state index contributed by atoms with van der Waals surface area (Å²) in [5.41, 5.74) is 11.3. The van der Waals surface area contributed by atoms with Gasteiger partial charge in [0.15, 0.2) is 17.5 Å². The Labute approximate surface area is 325 Å². The van der Waals surface area contributed by atoms with Gasteiger partial charge < -0.3 is 13.4 Å². The van der Waals surface area contributed by atoms with Crippen LogP contribution in [-0.2, 0) is 0 Å². The van der Waals surface area contributed by atoms with Crippen molar-refractivity contribution < 1.29 is 8.83 Å². The number of hydrogen-bond acceptors (Lipinski definition) is 5. The Balaban J connectivity index is 1.10. The third-order valence-corrected chi connectivity index (χ3v) is 11.1. The smallest absolute Gasteiger partial charge is 0.167 e. The number of furan rings is 2. The second-order valence-electron chi connectivity index (χ2n) is 14.4. The molecule has 0 amide bonds. The zero-order valence-corrected chi connectivity index (χ0v) is 30.4. The Morgan fingerprint density at radius 3 is 1.84 bits per heavy atom. The van der Waals surface area contributed by atoms with Crippen LogP contribution >= 0.6 is 0 Å². The lowest BCUT2D eigenvalue weighted by molar-refractivity contribution is 0.668. The number of para-hydroxylation sites is 3. The summed E-state index contributed by atoms with van der Waals surface area (Å²) in [6.07, 6.45) is 0. The quantitative estimate of drug-likeness (QED) is 0.176. The Hall–Kier alpha value is -7.83. The lowest BCUT2D eigenvalue weighted by Gasteiger charge is -2.10. The number of rotatable bonds is 5. The maximum absolute atomic E-state index is 6.56. The summed E-state index contributed by atoms with van der Waals surface area (Å²) in [5.74, 6) is 1.66. The first-order valence-corrected chi connectivity index (χ1v) is 19.0. The summed E-state index contributed by atoms with van der Waals surface area (Å²) in [6, 6.07) is 62.8. The van der Waals surface area contributed by atoms with Crippen molar-refractivity contribution in [3.8, 4) is 51.0 Å². The van der Waals surface area contributed by atoms with Crippen molar-refractivity contribution >= 4 is 65.7 Å². The van der Waals surface area contributed by atoms with Crippen LogP contribution < -0.4 is 0 Å². The number of aromatic nitrogens is 4. The van der Waals surface area contributed by atoms with Gasteiger partial charge in [-0.05, 0) is 59.7 Å². The van der Waals surface area contributed by atoms with E-state index in [0.717, 1.165) is 77.3 Å². The van der Waals surface area contributed by atoms with Crippen LogP contribution in [0.15, 0.2) is 191 Å². The van der Waals surface area contributed by atoms with Crippen LogP contribution in [0.5, 0.6) is 0 Å². The topological polar surface area (TPSA) is 69.9 Å². The number of nitrogens with zero attached hydrogens (tertiary/aromatic N) is 4. The largest absolute Gasteiger partial charge is 0.456 e. The first-order valence-electron chi connectivity index (χ1n) is 19.0. The molecule has 0 radical (unpaired) electrons. The molecular weight excluding hydrogens is 701 g/mol. The molecule has 0 unspecified atom stereocenters. The van der Waals surface area contributed by atoms with Crippen LogP contribution in [0, 0.1) is 0 Å². The summed E-state index contributed by atoms with van der Waals surface area (Å²) < 4.78 is 15.4. The van der Waals surface area contributed by atoms with E-state index < -0.39 is 0 Å². The summed E-state index contributed by atoms with van der Waals surface area (Å²) in [7, 11) is 0. The van der Waals surface area contributed by atoms with E-state index in [0.29, 0.717) is 17.5 Å². The maximum atomic E-state index is 6.56. The molecule has 0 aliphatic rings. The van der Waals surface area contributed by atoms with Crippen molar-refractivity contribution in [2.45, 2.75) is 0 Å². The van der Waals surface area contributed by atoms with E-state index in [9.17, 15) is 0 Å². The Morgan fingerprint density at radius 1 is 0.351 bits per heavy atom. The highest BCUT2D eigenvalue weighted by atomic mass is 16.3. The Bertz CT molecular complexity index is 3530. The van der Waals surface area contributed by atoms with Crippen LogP contribution in [0.3, 0.4) is 0 Å². The minimum atomic E-state index is 0.536. The summed E-state index contributed by atoms with van der Waals surface area (Å²) in [5, 5.41) is 6.40. The average Bonchev–Trinajstić information content (AvgIpc) is 3.96. The third-order valence-electron chi connectivity index (χ3n) is 11.1. The molecule has 0 aliphatic carbocycles. The molecule has 6 heteroatoms. The van der Waals surface area contributed by atoms with Crippen molar-refractivity contribution in [3.63, 3.8) is 0 Å². The zero-order valence-electron chi connectivity index (χ0n) is 30.4. The molecule has 0 saturated heterocycles. The Morgan fingerprint density at radius 2 is 0.982 bits per heavy atom. The van der Waals surface area contributed by atoms with Gasteiger partial charge in [0.2, 0.25) is 0 Å². The van der Waals surface area contributed by atoms with E-state index in [-0.39, 0.29) is 0 Å². The molecule has 0 N–H and O–H groups in total. The number of hydrogen-bond donors (Lipinski definition) is 0. The predicted octanol–water partition coefficient (Wildman–Crippen LogP) is 13.4. The zero-order chi connectivity index (χ0) is 37.5. The van der Waals surface area contributed by atoms with Gasteiger partial charge in [-0.3, -0.25) is 0 Å². The molecular formula is C51H30N4O2. The minimum absolute atomic E-state index is 0.536. The number of fused-ring (bicyclic) bond motifs is 9. The van der Waals surface area contributed by atoms with Crippen molar-refractivity contribution in [1.82, 2.24) is 19.5 Å². The molecule has 0 aliphatic heterocycles. The Kier molecular flexibility index (Phi) is 6.83. The van der Waals surface area contributed by atoms with Gasteiger partial charge in [-0.25, -0.2) is 15.0 Å². The SMILES string of the molecule is c1ccc(-c2ccc3c4ccccc4n(-c4ccc5oc6cccc(-c7nc(-c8ccccc8)nc(-c8cccc9c8oc8ccccc89)n7)c6c5c4)c3c2)cc1. The van der Waals surface area contributed by atoms with Crippen LogP contribution in [0.25, 0.3) is 117 Å². The van der Waals surface area contributed by atoms with E-state index in [4.69, 9.17) is 23.8 Å². The van der Waals surface area contributed by atoms with Crippen LogP contribution in [0.4, 0.5) is 0 Å². The molecule has 266 valence electrons. The molecule has 8 aromatic carbocycles. The molecule has 0 spiro atoms. The van der Waals surface area contributed by atoms with Crippen molar-refractivity contribution in [3.05, 3.63) is 182 Å². The van der Waals surface area contributed by atoms with Gasteiger partial charge in [0.1, 0.15) is 22.3 Å². The fraction of sp³-hybridized carbons (Fsp3) is 0. The monoisotopic (exact) mass is 730 g/mol. The van der Waals surface area contributed by atoms with Crippen molar-refractivity contribution in [2.75, 3.05) is 0 Å². The highest BCUT2D eigenvalue weighted by Gasteiger charge is 2.21. The van der Waals surface area contributed by atoms with Crippen molar-refractivity contribution in [1.29, 1.82) is 0 Å². The predicted molar refractivity (Wildman–Crippen MR) is 230 cm³/mol. The minimum Gasteiger partial charge on any atom is -0.456 e. The molecule has 0 fully saturated rings. The van der Waals surface area contributed by atoms with E-state index in [1.807, 2.05) is 72.8 Å². The standard InChI is InChI=1S/C51H30N4O2/c1-3-13-31(14-4-1)33-25-27-36-35-17-7-9-22-42(35)55(43(36)29-33)34-26-28-45-41(30-34)47-39(20-12-24-46(47)56-45)50-52-49(32-15-5-2-6-16-32)53-51(54-50)40-21-11-19-38-37-18-8-10-23-44(37)57-48(38)40/h1-30H. The van der Waals surface area contributed by atoms with Crippen molar-refractivity contribution in [2.24, 2.45) is 0 Å². The fourth-order valence-corrected chi connectivity index (χ4v) is 8.46. The van der Waals surface area contributed by atoms with Crippen LogP contribution in [0.1, 0.15) is 0 Å². The molecule has 4 aromatic heterocycles. The molecule has 0 saturated carbocycles. The molecule has 57 heavy (non-hydrogen) atoms. The van der Waals surface area contributed by atoms with Crippen LogP contribution in [-0.4, -0.2) is 19.5 Å². The first-order chi connectivity index (χ1) is 28.2. The van der Waals surface area contributed by atoms with E-state index >= 15 is 0 Å². The third kappa shape index (κ3) is 4.94. The van der Waals surface area contributed by atoms with Gasteiger partial charge in [-0.1, -0.05) is 133 Å². The molecule has 6 nitrogen and oxygen atoms in total. The second kappa shape index (κ2) is 12.3. The lowest BCUT2D eigenvalue weighted by Crippen LogP contribution is -2.00. The average molecular weight is 731 g/mol. The van der Waals surface area contributed by atoms with Gasteiger partial charge in [0.25, 0.3) is 0 Å². The molecule has 4 heterocycles. The van der Waals surface area contributed by atoms with Gasteiger partial charge in [0.05, 0.1) is 16.6 Å². The fourth-order valence-electron chi connectivity index (χ4n) is 8.46. The van der Waals surface area contributed by atoms with E-state index in [2.05, 4.69) is 114 Å².